The molecule has 2 fully saturated rings. The summed E-state index contributed by atoms with van der Waals surface area (Å²) in [4.78, 5) is 25.2. The molecule has 3 unspecified atom stereocenters. The molecule has 120 valence electrons. The van der Waals surface area contributed by atoms with Crippen molar-refractivity contribution in [2.24, 2.45) is 11.8 Å². The lowest BCUT2D eigenvalue weighted by molar-refractivity contribution is -0.144. The standard InChI is InChI=1S/C16H28N2O3/c1-11(2)12-4-3-5-13(7-6-12)18-9-8-17-16(21)14(18)10-15(19)20/h11-14H,3-10H2,1-2H3,(H,17,21)(H,19,20). The Morgan fingerprint density at radius 1 is 1.33 bits per heavy atom. The predicted octanol–water partition coefficient (Wildman–Crippen LogP) is 1.87. The van der Waals surface area contributed by atoms with E-state index in [1.807, 2.05) is 0 Å². The van der Waals surface area contributed by atoms with Gasteiger partial charge in [-0.2, -0.15) is 0 Å². The van der Waals surface area contributed by atoms with Gasteiger partial charge in [-0.05, 0) is 31.1 Å². The van der Waals surface area contributed by atoms with Crippen LogP contribution in [0.15, 0.2) is 0 Å². The summed E-state index contributed by atoms with van der Waals surface area (Å²) in [6.45, 7) is 5.99. The van der Waals surface area contributed by atoms with Crippen molar-refractivity contribution in [2.75, 3.05) is 13.1 Å². The number of piperazine rings is 1. The molecule has 1 aliphatic carbocycles. The van der Waals surface area contributed by atoms with Gasteiger partial charge >= 0.3 is 5.97 Å². The van der Waals surface area contributed by atoms with Crippen LogP contribution < -0.4 is 5.32 Å². The molecule has 0 bridgehead atoms. The second-order valence-corrected chi connectivity index (χ2v) is 6.81. The minimum Gasteiger partial charge on any atom is -0.481 e. The predicted molar refractivity (Wildman–Crippen MR) is 81.0 cm³/mol. The number of carbonyl (C=O) groups is 2. The second kappa shape index (κ2) is 7.25. The van der Waals surface area contributed by atoms with Crippen LogP contribution in [0.5, 0.6) is 0 Å². The Kier molecular flexibility index (Phi) is 5.62. The highest BCUT2D eigenvalue weighted by molar-refractivity contribution is 5.86. The smallest absolute Gasteiger partial charge is 0.305 e. The minimum absolute atomic E-state index is 0.0874. The first-order chi connectivity index (χ1) is 9.99. The molecular formula is C16H28N2O3. The Morgan fingerprint density at radius 2 is 2.10 bits per heavy atom. The Labute approximate surface area is 127 Å². The third-order valence-corrected chi connectivity index (χ3v) is 5.13. The zero-order valence-electron chi connectivity index (χ0n) is 13.2. The molecule has 0 aromatic heterocycles. The maximum absolute atomic E-state index is 12.0. The van der Waals surface area contributed by atoms with Gasteiger partial charge in [0.15, 0.2) is 0 Å². The number of nitrogens with one attached hydrogen (secondary N) is 1. The van der Waals surface area contributed by atoms with Gasteiger partial charge in [0.2, 0.25) is 5.91 Å². The molecular weight excluding hydrogens is 268 g/mol. The monoisotopic (exact) mass is 296 g/mol. The van der Waals surface area contributed by atoms with Gasteiger partial charge in [0.25, 0.3) is 0 Å². The Morgan fingerprint density at radius 3 is 2.76 bits per heavy atom. The van der Waals surface area contributed by atoms with E-state index in [1.54, 1.807) is 0 Å². The Hall–Kier alpha value is -1.10. The fourth-order valence-corrected chi connectivity index (χ4v) is 3.85. The van der Waals surface area contributed by atoms with Gasteiger partial charge in [-0.15, -0.1) is 0 Å². The molecule has 0 aromatic rings. The van der Waals surface area contributed by atoms with E-state index in [0.717, 1.165) is 25.3 Å². The van der Waals surface area contributed by atoms with E-state index < -0.39 is 12.0 Å². The highest BCUT2D eigenvalue weighted by atomic mass is 16.4. The van der Waals surface area contributed by atoms with E-state index in [1.165, 1.54) is 19.3 Å². The van der Waals surface area contributed by atoms with Crippen LogP contribution in [-0.2, 0) is 9.59 Å². The van der Waals surface area contributed by atoms with Crippen molar-refractivity contribution in [3.8, 4) is 0 Å². The van der Waals surface area contributed by atoms with Gasteiger partial charge in [-0.1, -0.05) is 26.7 Å². The van der Waals surface area contributed by atoms with E-state index in [9.17, 15) is 9.59 Å². The summed E-state index contributed by atoms with van der Waals surface area (Å²) in [6.07, 6.45) is 5.73. The van der Waals surface area contributed by atoms with Gasteiger partial charge in [0.05, 0.1) is 12.5 Å². The van der Waals surface area contributed by atoms with Crippen LogP contribution in [0, 0.1) is 11.8 Å². The molecule has 2 aliphatic rings. The molecule has 3 atom stereocenters. The molecule has 1 amide bonds. The normalized spacial score (nSPS) is 31.8. The number of carbonyl (C=O) groups excluding carboxylic acids is 1. The first kappa shape index (κ1) is 16.3. The SMILES string of the molecule is CC(C)C1CCCC(N2CCNC(=O)C2CC(=O)O)CC1. The average Bonchev–Trinajstić information content (AvgIpc) is 2.66. The summed E-state index contributed by atoms with van der Waals surface area (Å²) in [6, 6.07) is -0.124. The fourth-order valence-electron chi connectivity index (χ4n) is 3.85. The lowest BCUT2D eigenvalue weighted by Gasteiger charge is -2.39. The van der Waals surface area contributed by atoms with Crippen LogP contribution in [0.4, 0.5) is 0 Å². The molecule has 1 heterocycles. The summed E-state index contributed by atoms with van der Waals surface area (Å²) in [5.41, 5.74) is 0. The van der Waals surface area contributed by atoms with E-state index in [4.69, 9.17) is 5.11 Å². The number of hydrogen-bond donors (Lipinski definition) is 2. The third-order valence-electron chi connectivity index (χ3n) is 5.13. The number of hydrogen-bond acceptors (Lipinski definition) is 3. The highest BCUT2D eigenvalue weighted by Crippen LogP contribution is 2.32. The number of aliphatic carboxylic acids is 1. The quantitative estimate of drug-likeness (QED) is 0.777. The van der Waals surface area contributed by atoms with E-state index in [2.05, 4.69) is 24.1 Å². The molecule has 1 aliphatic heterocycles. The van der Waals surface area contributed by atoms with Crippen molar-refractivity contribution in [1.29, 1.82) is 0 Å². The summed E-state index contributed by atoms with van der Waals surface area (Å²) < 4.78 is 0. The molecule has 1 saturated carbocycles. The largest absolute Gasteiger partial charge is 0.481 e. The average molecular weight is 296 g/mol. The van der Waals surface area contributed by atoms with Crippen molar-refractivity contribution in [3.63, 3.8) is 0 Å². The van der Waals surface area contributed by atoms with Crippen LogP contribution in [0.1, 0.15) is 52.4 Å². The second-order valence-electron chi connectivity index (χ2n) is 6.81. The molecule has 0 aromatic carbocycles. The Balaban J connectivity index is 2.03. The first-order valence-corrected chi connectivity index (χ1v) is 8.24. The molecule has 1 saturated heterocycles. The number of carboxylic acid groups (broad SMARTS) is 1. The van der Waals surface area contributed by atoms with Crippen molar-refractivity contribution in [3.05, 3.63) is 0 Å². The number of carboxylic acids is 1. The summed E-state index contributed by atoms with van der Waals surface area (Å²) in [5, 5.41) is 11.9. The fraction of sp³-hybridized carbons (Fsp3) is 0.875. The molecule has 0 radical (unpaired) electrons. The van der Waals surface area contributed by atoms with Gasteiger partial charge < -0.3 is 10.4 Å². The molecule has 21 heavy (non-hydrogen) atoms. The van der Waals surface area contributed by atoms with E-state index >= 15 is 0 Å². The number of rotatable bonds is 4. The zero-order chi connectivity index (χ0) is 15.4. The van der Waals surface area contributed by atoms with Gasteiger partial charge in [-0.25, -0.2) is 0 Å². The maximum atomic E-state index is 12.0. The molecule has 5 heteroatoms. The van der Waals surface area contributed by atoms with Crippen LogP contribution in [0.25, 0.3) is 0 Å². The topological polar surface area (TPSA) is 69.6 Å². The van der Waals surface area contributed by atoms with Crippen molar-refractivity contribution >= 4 is 11.9 Å². The van der Waals surface area contributed by atoms with Gasteiger partial charge in [0.1, 0.15) is 0 Å². The maximum Gasteiger partial charge on any atom is 0.305 e. The summed E-state index contributed by atoms with van der Waals surface area (Å²) >= 11 is 0. The number of amides is 1. The van der Waals surface area contributed by atoms with Gasteiger partial charge in [-0.3, -0.25) is 14.5 Å². The molecule has 2 rings (SSSR count). The lowest BCUT2D eigenvalue weighted by atomic mass is 9.89. The molecule has 0 spiro atoms. The van der Waals surface area contributed by atoms with Crippen LogP contribution in [0.2, 0.25) is 0 Å². The zero-order valence-corrected chi connectivity index (χ0v) is 13.2. The van der Waals surface area contributed by atoms with Crippen LogP contribution in [0.3, 0.4) is 0 Å². The van der Waals surface area contributed by atoms with Crippen molar-refractivity contribution in [1.82, 2.24) is 10.2 Å². The lowest BCUT2D eigenvalue weighted by Crippen LogP contribution is -2.59. The third kappa shape index (κ3) is 4.19. The molecule has 5 nitrogen and oxygen atoms in total. The van der Waals surface area contributed by atoms with Crippen LogP contribution >= 0.6 is 0 Å². The van der Waals surface area contributed by atoms with Crippen molar-refractivity contribution < 1.29 is 14.7 Å². The highest BCUT2D eigenvalue weighted by Gasteiger charge is 2.36. The van der Waals surface area contributed by atoms with E-state index in [0.29, 0.717) is 18.5 Å². The first-order valence-electron chi connectivity index (χ1n) is 8.24. The van der Waals surface area contributed by atoms with E-state index in [-0.39, 0.29) is 12.3 Å². The molecule has 2 N–H and O–H groups in total. The minimum atomic E-state index is -0.893. The number of nitrogens with zero attached hydrogens (tertiary/aromatic N) is 1. The summed E-state index contributed by atoms with van der Waals surface area (Å²) in [5.74, 6) is 0.471. The Bertz CT molecular complexity index is 384. The summed E-state index contributed by atoms with van der Waals surface area (Å²) in [7, 11) is 0. The van der Waals surface area contributed by atoms with Gasteiger partial charge in [0, 0.05) is 19.1 Å². The van der Waals surface area contributed by atoms with Crippen molar-refractivity contribution in [2.45, 2.75) is 64.5 Å². The van der Waals surface area contributed by atoms with Crippen LogP contribution in [-0.4, -0.2) is 47.1 Å².